The van der Waals surface area contributed by atoms with Gasteiger partial charge < -0.3 is 0 Å². The lowest BCUT2D eigenvalue weighted by Gasteiger charge is -2.10. The zero-order valence-corrected chi connectivity index (χ0v) is 19.0. The van der Waals surface area contributed by atoms with Crippen LogP contribution in [0.25, 0.3) is 32.6 Å². The van der Waals surface area contributed by atoms with E-state index in [0.29, 0.717) is 32.3 Å². The molecule has 0 spiro atoms. The number of allylic oxidation sites excluding steroid dienone is 2. The zero-order valence-electron chi connectivity index (χ0n) is 18.2. The van der Waals surface area contributed by atoms with Gasteiger partial charge in [-0.2, -0.15) is 0 Å². The minimum Gasteiger partial charge on any atom is -0.255 e. The Balaban J connectivity index is 1.38. The Labute approximate surface area is 197 Å². The largest absolute Gasteiger partial charge is 0.255 e. The van der Waals surface area contributed by atoms with Gasteiger partial charge in [0.05, 0.1) is 32.6 Å². The van der Waals surface area contributed by atoms with Crippen molar-refractivity contribution in [1.29, 1.82) is 0 Å². The Morgan fingerprint density at radius 3 is 1.41 bits per heavy atom. The molecule has 5 heterocycles. The molecule has 4 aromatic rings. The summed E-state index contributed by atoms with van der Waals surface area (Å²) >= 11 is 0. The molecule has 6 rings (SSSR count). The van der Waals surface area contributed by atoms with Gasteiger partial charge >= 0.3 is 0 Å². The molecule has 1 saturated carbocycles. The number of rotatable bonds is 4. The highest BCUT2D eigenvalue weighted by molar-refractivity contribution is 8.09. The third kappa shape index (κ3) is 3.36. The standard InChI is InChI=1S/C27H20N4O2S/c32-34(33)26(18-10-12-24(30-16-18)22-8-1-3-14-28-22)20-6-5-7-21(20)27(34)19-11-13-25(31-17-19)23-9-2-4-15-29-23/h1-4,8-17H,5-7H2. The van der Waals surface area contributed by atoms with E-state index in [9.17, 15) is 8.42 Å². The van der Waals surface area contributed by atoms with Gasteiger partial charge in [-0.3, -0.25) is 19.9 Å². The summed E-state index contributed by atoms with van der Waals surface area (Å²) in [5.41, 5.74) is 5.97. The number of aromatic nitrogens is 4. The summed E-state index contributed by atoms with van der Waals surface area (Å²) in [6, 6.07) is 18.6. The summed E-state index contributed by atoms with van der Waals surface area (Å²) in [6.07, 6.45) is 9.14. The molecule has 34 heavy (non-hydrogen) atoms. The highest BCUT2D eigenvalue weighted by atomic mass is 32.2. The van der Waals surface area contributed by atoms with Crippen LogP contribution in [-0.2, 0) is 9.84 Å². The number of fused-ring (bicyclic) bond motifs is 1. The van der Waals surface area contributed by atoms with Crippen LogP contribution in [0.2, 0.25) is 0 Å². The Bertz CT molecular complexity index is 1430. The molecule has 0 unspecified atom stereocenters. The number of hydrogen-bond acceptors (Lipinski definition) is 6. The molecule has 7 heteroatoms. The maximum absolute atomic E-state index is 13.8. The minimum absolute atomic E-state index is 0.379. The number of sulfone groups is 1. The molecule has 0 saturated heterocycles. The lowest BCUT2D eigenvalue weighted by atomic mass is 10.0. The maximum Gasteiger partial charge on any atom is 0.208 e. The van der Waals surface area contributed by atoms with Crippen LogP contribution in [0, 0.1) is 0 Å². The maximum atomic E-state index is 13.8. The van der Waals surface area contributed by atoms with E-state index in [1.807, 2.05) is 60.7 Å². The fourth-order valence-corrected chi connectivity index (χ4v) is 6.88. The Hall–Kier alpha value is -3.97. The van der Waals surface area contributed by atoms with Gasteiger partial charge in [-0.25, -0.2) is 8.42 Å². The summed E-state index contributed by atoms with van der Waals surface area (Å²) in [4.78, 5) is 18.4. The quantitative estimate of drug-likeness (QED) is 0.405. The highest BCUT2D eigenvalue weighted by Crippen LogP contribution is 2.52. The summed E-state index contributed by atoms with van der Waals surface area (Å²) in [7, 11) is -3.70. The van der Waals surface area contributed by atoms with Gasteiger partial charge in [0, 0.05) is 35.9 Å². The van der Waals surface area contributed by atoms with Gasteiger partial charge in [0.1, 0.15) is 0 Å². The van der Waals surface area contributed by atoms with Crippen LogP contribution in [-0.4, -0.2) is 28.4 Å². The van der Waals surface area contributed by atoms with Crippen molar-refractivity contribution in [1.82, 2.24) is 19.9 Å². The summed E-state index contributed by atoms with van der Waals surface area (Å²) in [5.74, 6) is 0. The Morgan fingerprint density at radius 2 is 1.03 bits per heavy atom. The van der Waals surface area contributed by atoms with E-state index in [-0.39, 0.29) is 0 Å². The van der Waals surface area contributed by atoms with Crippen LogP contribution in [0.5, 0.6) is 0 Å². The van der Waals surface area contributed by atoms with Crippen LogP contribution in [0.15, 0.2) is 96.6 Å². The Morgan fingerprint density at radius 1 is 0.559 bits per heavy atom. The molecule has 1 aliphatic carbocycles. The molecule has 0 amide bonds. The zero-order chi connectivity index (χ0) is 23.1. The molecule has 166 valence electrons. The summed E-state index contributed by atoms with van der Waals surface area (Å²) in [5, 5.41) is 0. The molecule has 6 nitrogen and oxygen atoms in total. The first-order valence-electron chi connectivity index (χ1n) is 11.1. The van der Waals surface area contributed by atoms with Gasteiger partial charge in [-0.15, -0.1) is 0 Å². The average molecular weight is 465 g/mol. The molecule has 0 aromatic carbocycles. The molecule has 0 atom stereocenters. The molecule has 1 fully saturated rings. The molecule has 0 bridgehead atoms. The summed E-state index contributed by atoms with van der Waals surface area (Å²) < 4.78 is 27.6. The molecule has 0 N–H and O–H groups in total. The van der Waals surface area contributed by atoms with Crippen LogP contribution in [0.1, 0.15) is 30.4 Å². The number of pyridine rings is 4. The highest BCUT2D eigenvalue weighted by Gasteiger charge is 2.41. The molecule has 4 aromatic heterocycles. The molecular weight excluding hydrogens is 444 g/mol. The predicted octanol–water partition coefficient (Wildman–Crippen LogP) is 5.34. The van der Waals surface area contributed by atoms with Crippen LogP contribution >= 0.6 is 0 Å². The van der Waals surface area contributed by atoms with E-state index < -0.39 is 9.84 Å². The van der Waals surface area contributed by atoms with Crippen molar-refractivity contribution in [3.8, 4) is 22.8 Å². The van der Waals surface area contributed by atoms with Gasteiger partial charge in [0.15, 0.2) is 0 Å². The second-order valence-electron chi connectivity index (χ2n) is 8.27. The third-order valence-corrected chi connectivity index (χ3v) is 8.25. The minimum atomic E-state index is -3.70. The van der Waals surface area contributed by atoms with Crippen molar-refractivity contribution >= 4 is 19.6 Å². The van der Waals surface area contributed by atoms with E-state index in [4.69, 9.17) is 0 Å². The van der Waals surface area contributed by atoms with Crippen LogP contribution in [0.4, 0.5) is 0 Å². The monoisotopic (exact) mass is 464 g/mol. The lowest BCUT2D eigenvalue weighted by Crippen LogP contribution is -2.05. The Kier molecular flexibility index (Phi) is 4.92. The normalized spacial score (nSPS) is 16.7. The van der Waals surface area contributed by atoms with Crippen molar-refractivity contribution < 1.29 is 8.42 Å². The summed E-state index contributed by atoms with van der Waals surface area (Å²) in [6.45, 7) is 0. The van der Waals surface area contributed by atoms with Gasteiger partial charge in [0.25, 0.3) is 0 Å². The first-order chi connectivity index (χ1) is 16.6. The van der Waals surface area contributed by atoms with Crippen molar-refractivity contribution in [2.75, 3.05) is 0 Å². The van der Waals surface area contributed by atoms with Crippen molar-refractivity contribution in [2.45, 2.75) is 19.3 Å². The van der Waals surface area contributed by atoms with Crippen LogP contribution in [0.3, 0.4) is 0 Å². The smallest absolute Gasteiger partial charge is 0.208 e. The topological polar surface area (TPSA) is 85.7 Å². The van der Waals surface area contributed by atoms with E-state index >= 15 is 0 Å². The number of hydrogen-bond donors (Lipinski definition) is 0. The lowest BCUT2D eigenvalue weighted by molar-refractivity contribution is 0.615. The van der Waals surface area contributed by atoms with E-state index in [1.165, 1.54) is 0 Å². The van der Waals surface area contributed by atoms with Crippen molar-refractivity contribution in [2.24, 2.45) is 0 Å². The average Bonchev–Trinajstić information content (AvgIpc) is 3.42. The SMILES string of the molecule is O=S1(=O)C(c2ccc(-c3ccccn3)nc2)=C2CCCC2=C1c1ccc(-c2ccccn2)nc1. The van der Waals surface area contributed by atoms with Crippen LogP contribution < -0.4 is 0 Å². The van der Waals surface area contributed by atoms with Gasteiger partial charge in [0.2, 0.25) is 9.84 Å². The van der Waals surface area contributed by atoms with Crippen molar-refractivity contribution in [3.63, 3.8) is 0 Å². The first kappa shape index (κ1) is 20.6. The van der Waals surface area contributed by atoms with Gasteiger partial charge in [-0.05, 0) is 78.9 Å². The molecule has 2 aliphatic rings. The van der Waals surface area contributed by atoms with E-state index in [0.717, 1.165) is 41.8 Å². The number of nitrogens with zero attached hydrogens (tertiary/aromatic N) is 4. The first-order valence-corrected chi connectivity index (χ1v) is 12.6. The van der Waals surface area contributed by atoms with E-state index in [2.05, 4.69) is 19.9 Å². The second-order valence-corrected chi connectivity index (χ2v) is 10.1. The fraction of sp³-hybridized carbons (Fsp3) is 0.111. The molecular formula is C27H20N4O2S. The predicted molar refractivity (Wildman–Crippen MR) is 132 cm³/mol. The molecule has 0 radical (unpaired) electrons. The molecule has 1 aliphatic heterocycles. The van der Waals surface area contributed by atoms with E-state index in [1.54, 1.807) is 24.8 Å². The third-order valence-electron chi connectivity index (χ3n) is 6.21. The van der Waals surface area contributed by atoms with Gasteiger partial charge in [-0.1, -0.05) is 12.1 Å². The second kappa shape index (κ2) is 8.11. The van der Waals surface area contributed by atoms with Crippen molar-refractivity contribution in [3.05, 3.63) is 108 Å². The fourth-order valence-electron chi connectivity index (χ4n) is 4.72.